The number of hydrogen-bond acceptors (Lipinski definition) is 1. The minimum Gasteiger partial charge on any atom is -0.299 e. The predicted octanol–water partition coefficient (Wildman–Crippen LogP) is 3.90. The van der Waals surface area contributed by atoms with Crippen LogP contribution in [-0.4, -0.2) is 5.78 Å². The van der Waals surface area contributed by atoms with E-state index in [0.29, 0.717) is 18.6 Å². The van der Waals surface area contributed by atoms with E-state index >= 15 is 0 Å². The number of carbonyl (C=O) groups is 1. The molecule has 0 aliphatic rings. The van der Waals surface area contributed by atoms with Crippen LogP contribution >= 0.6 is 0 Å². The Morgan fingerprint density at radius 2 is 1.69 bits per heavy atom. The molecule has 0 N–H and O–H groups in total. The molecule has 1 aromatic rings. The van der Waals surface area contributed by atoms with Gasteiger partial charge in [-0.1, -0.05) is 52.0 Å². The fourth-order valence-electron chi connectivity index (χ4n) is 1.72. The summed E-state index contributed by atoms with van der Waals surface area (Å²) < 4.78 is 0. The summed E-state index contributed by atoms with van der Waals surface area (Å²) in [5.41, 5.74) is 2.64. The highest BCUT2D eigenvalue weighted by Gasteiger charge is 2.13. The molecule has 0 amide bonds. The van der Waals surface area contributed by atoms with E-state index in [-0.39, 0.29) is 5.41 Å². The zero-order valence-electron chi connectivity index (χ0n) is 10.8. The van der Waals surface area contributed by atoms with Gasteiger partial charge in [-0.2, -0.15) is 0 Å². The van der Waals surface area contributed by atoms with Gasteiger partial charge < -0.3 is 0 Å². The Kier molecular flexibility index (Phi) is 4.28. The van der Waals surface area contributed by atoms with Crippen LogP contribution in [0.4, 0.5) is 0 Å². The third-order valence-electron chi connectivity index (χ3n) is 2.75. The van der Waals surface area contributed by atoms with Crippen molar-refractivity contribution < 1.29 is 4.79 Å². The molecule has 88 valence electrons. The van der Waals surface area contributed by atoms with E-state index in [1.807, 2.05) is 6.92 Å². The Hall–Kier alpha value is -1.11. The molecule has 1 nitrogen and oxygen atoms in total. The van der Waals surface area contributed by atoms with Gasteiger partial charge in [-0.3, -0.25) is 4.79 Å². The fourth-order valence-corrected chi connectivity index (χ4v) is 1.72. The molecular formula is C15H22O. The monoisotopic (exact) mass is 218 g/mol. The van der Waals surface area contributed by atoms with E-state index < -0.39 is 0 Å². The SMILES string of the molecule is CCCC(=O)Cc1ccc(C(C)(C)C)cc1. The maximum atomic E-state index is 11.5. The van der Waals surface area contributed by atoms with Crippen LogP contribution in [0.15, 0.2) is 24.3 Å². The van der Waals surface area contributed by atoms with Crippen molar-refractivity contribution in [3.05, 3.63) is 35.4 Å². The lowest BCUT2D eigenvalue weighted by Gasteiger charge is -2.19. The van der Waals surface area contributed by atoms with Crippen molar-refractivity contribution >= 4 is 5.78 Å². The molecule has 0 saturated carbocycles. The lowest BCUT2D eigenvalue weighted by atomic mass is 9.86. The zero-order valence-corrected chi connectivity index (χ0v) is 10.8. The van der Waals surface area contributed by atoms with E-state index in [9.17, 15) is 4.79 Å². The first kappa shape index (κ1) is 13.0. The van der Waals surface area contributed by atoms with E-state index in [2.05, 4.69) is 45.0 Å². The molecule has 1 rings (SSSR count). The van der Waals surface area contributed by atoms with Crippen LogP contribution < -0.4 is 0 Å². The van der Waals surface area contributed by atoms with Crippen LogP contribution in [-0.2, 0) is 16.6 Å². The Labute approximate surface area is 98.9 Å². The quantitative estimate of drug-likeness (QED) is 0.749. The zero-order chi connectivity index (χ0) is 12.2. The van der Waals surface area contributed by atoms with Crippen molar-refractivity contribution in [2.75, 3.05) is 0 Å². The van der Waals surface area contributed by atoms with Crippen LogP contribution in [0.5, 0.6) is 0 Å². The highest BCUT2D eigenvalue weighted by molar-refractivity contribution is 5.80. The van der Waals surface area contributed by atoms with Gasteiger partial charge in [0, 0.05) is 12.8 Å². The standard InChI is InChI=1S/C15H22O/c1-5-6-14(16)11-12-7-9-13(10-8-12)15(2,3)4/h7-10H,5-6,11H2,1-4H3. The molecule has 0 aromatic heterocycles. The summed E-state index contributed by atoms with van der Waals surface area (Å²) in [4.78, 5) is 11.5. The summed E-state index contributed by atoms with van der Waals surface area (Å²) >= 11 is 0. The second-order valence-corrected chi connectivity index (χ2v) is 5.41. The highest BCUT2D eigenvalue weighted by atomic mass is 16.1. The number of carbonyl (C=O) groups excluding carboxylic acids is 1. The maximum Gasteiger partial charge on any atom is 0.137 e. The van der Waals surface area contributed by atoms with Gasteiger partial charge >= 0.3 is 0 Å². The van der Waals surface area contributed by atoms with Crippen molar-refractivity contribution in [3.63, 3.8) is 0 Å². The largest absolute Gasteiger partial charge is 0.299 e. The molecule has 0 fully saturated rings. The molecule has 1 aromatic carbocycles. The topological polar surface area (TPSA) is 17.1 Å². The molecule has 0 saturated heterocycles. The van der Waals surface area contributed by atoms with E-state index in [4.69, 9.17) is 0 Å². The van der Waals surface area contributed by atoms with Crippen molar-refractivity contribution in [1.29, 1.82) is 0 Å². The molecule has 0 bridgehead atoms. The highest BCUT2D eigenvalue weighted by Crippen LogP contribution is 2.22. The predicted molar refractivity (Wildman–Crippen MR) is 68.8 cm³/mol. The minimum atomic E-state index is 0.186. The smallest absolute Gasteiger partial charge is 0.137 e. The molecule has 0 atom stereocenters. The van der Waals surface area contributed by atoms with Gasteiger partial charge in [-0.15, -0.1) is 0 Å². The number of Topliss-reactive ketones (excluding diaryl/α,β-unsaturated/α-hetero) is 1. The van der Waals surface area contributed by atoms with E-state index in [1.54, 1.807) is 0 Å². The molecule has 0 radical (unpaired) electrons. The summed E-state index contributed by atoms with van der Waals surface area (Å²) in [6.07, 6.45) is 2.22. The molecular weight excluding hydrogens is 196 g/mol. The number of rotatable bonds is 4. The Morgan fingerprint density at radius 1 is 1.12 bits per heavy atom. The van der Waals surface area contributed by atoms with E-state index in [0.717, 1.165) is 12.0 Å². The summed E-state index contributed by atoms with van der Waals surface area (Å²) in [5.74, 6) is 0.339. The second-order valence-electron chi connectivity index (χ2n) is 5.41. The number of hydrogen-bond donors (Lipinski definition) is 0. The molecule has 0 unspecified atom stereocenters. The lowest BCUT2D eigenvalue weighted by Crippen LogP contribution is -2.11. The molecule has 0 spiro atoms. The first-order valence-corrected chi connectivity index (χ1v) is 6.04. The Bertz CT molecular complexity index is 341. The van der Waals surface area contributed by atoms with Crippen LogP contribution in [0.2, 0.25) is 0 Å². The summed E-state index contributed by atoms with van der Waals surface area (Å²) in [6.45, 7) is 8.64. The van der Waals surface area contributed by atoms with Crippen molar-refractivity contribution in [1.82, 2.24) is 0 Å². The molecule has 1 heteroatoms. The molecule has 0 aliphatic heterocycles. The second kappa shape index (κ2) is 5.29. The summed E-state index contributed by atoms with van der Waals surface area (Å²) in [6, 6.07) is 8.42. The van der Waals surface area contributed by atoms with E-state index in [1.165, 1.54) is 5.56 Å². The third-order valence-corrected chi connectivity index (χ3v) is 2.75. The molecule has 16 heavy (non-hydrogen) atoms. The average molecular weight is 218 g/mol. The van der Waals surface area contributed by atoms with Crippen molar-refractivity contribution in [2.24, 2.45) is 0 Å². The van der Waals surface area contributed by atoms with Gasteiger partial charge in [-0.05, 0) is 23.0 Å². The Balaban J connectivity index is 2.69. The minimum absolute atomic E-state index is 0.186. The fraction of sp³-hybridized carbons (Fsp3) is 0.533. The number of ketones is 1. The first-order valence-electron chi connectivity index (χ1n) is 6.04. The van der Waals surface area contributed by atoms with Crippen molar-refractivity contribution in [2.45, 2.75) is 52.4 Å². The van der Waals surface area contributed by atoms with Gasteiger partial charge in [0.15, 0.2) is 0 Å². The maximum absolute atomic E-state index is 11.5. The Morgan fingerprint density at radius 3 is 2.12 bits per heavy atom. The molecule has 0 aliphatic carbocycles. The van der Waals surface area contributed by atoms with Crippen LogP contribution in [0.1, 0.15) is 51.7 Å². The first-order chi connectivity index (χ1) is 7.43. The normalized spacial score (nSPS) is 11.5. The van der Waals surface area contributed by atoms with Gasteiger partial charge in [-0.25, -0.2) is 0 Å². The molecule has 0 heterocycles. The number of benzene rings is 1. The summed E-state index contributed by atoms with van der Waals surface area (Å²) in [5, 5.41) is 0. The van der Waals surface area contributed by atoms with Crippen LogP contribution in [0.3, 0.4) is 0 Å². The third kappa shape index (κ3) is 3.80. The van der Waals surface area contributed by atoms with Crippen LogP contribution in [0.25, 0.3) is 0 Å². The van der Waals surface area contributed by atoms with Gasteiger partial charge in [0.25, 0.3) is 0 Å². The van der Waals surface area contributed by atoms with Gasteiger partial charge in [0.2, 0.25) is 0 Å². The van der Waals surface area contributed by atoms with Crippen molar-refractivity contribution in [3.8, 4) is 0 Å². The van der Waals surface area contributed by atoms with Gasteiger partial charge in [0.1, 0.15) is 5.78 Å². The lowest BCUT2D eigenvalue weighted by molar-refractivity contribution is -0.118. The van der Waals surface area contributed by atoms with Crippen LogP contribution in [0, 0.1) is 0 Å². The van der Waals surface area contributed by atoms with Gasteiger partial charge in [0.05, 0.1) is 0 Å². The summed E-state index contributed by atoms with van der Waals surface area (Å²) in [7, 11) is 0. The average Bonchev–Trinajstić information content (AvgIpc) is 2.17.